The van der Waals surface area contributed by atoms with E-state index < -0.39 is 0 Å². The van der Waals surface area contributed by atoms with Gasteiger partial charge in [-0.25, -0.2) is 0 Å². The van der Waals surface area contributed by atoms with Crippen molar-refractivity contribution >= 4 is 30.1 Å². The second-order valence-electron chi connectivity index (χ2n) is 6.69. The molecule has 1 aromatic rings. The summed E-state index contributed by atoms with van der Waals surface area (Å²) in [6.45, 7) is 8.39. The van der Waals surface area contributed by atoms with Gasteiger partial charge in [0.2, 0.25) is 5.91 Å². The smallest absolute Gasteiger partial charge is 0.232 e. The van der Waals surface area contributed by atoms with Crippen LogP contribution in [-0.2, 0) is 4.79 Å². The first-order valence-electron chi connectivity index (χ1n) is 8.32. The van der Waals surface area contributed by atoms with Gasteiger partial charge in [0.1, 0.15) is 0 Å². The number of rotatable bonds is 3. The molecule has 23 heavy (non-hydrogen) atoms. The fourth-order valence-electron chi connectivity index (χ4n) is 3.56. The van der Waals surface area contributed by atoms with Crippen LogP contribution < -0.4 is 5.32 Å². The second kappa shape index (κ2) is 8.41. The molecule has 1 aromatic carbocycles. The third-order valence-corrected chi connectivity index (χ3v) is 6.21. The number of benzene rings is 1. The zero-order valence-corrected chi connectivity index (χ0v) is 15.6. The molecular formula is C18H27ClN2OS. The Morgan fingerprint density at radius 3 is 2.52 bits per heavy atom. The number of aryl methyl sites for hydroxylation is 2. The summed E-state index contributed by atoms with van der Waals surface area (Å²) in [5.41, 5.74) is 2.52. The summed E-state index contributed by atoms with van der Waals surface area (Å²) in [7, 11) is 0. The maximum atomic E-state index is 12.5. The van der Waals surface area contributed by atoms with Crippen LogP contribution in [0.1, 0.15) is 24.0 Å². The number of halogens is 1. The van der Waals surface area contributed by atoms with Crippen LogP contribution in [0.4, 0.5) is 0 Å². The van der Waals surface area contributed by atoms with Gasteiger partial charge in [0.25, 0.3) is 0 Å². The van der Waals surface area contributed by atoms with E-state index in [0.717, 1.165) is 50.9 Å². The van der Waals surface area contributed by atoms with Crippen molar-refractivity contribution in [1.29, 1.82) is 0 Å². The maximum Gasteiger partial charge on any atom is 0.232 e. The van der Waals surface area contributed by atoms with Gasteiger partial charge in [-0.2, -0.15) is 0 Å². The third kappa shape index (κ3) is 4.65. The number of likely N-dealkylation sites (tertiary alicyclic amines) is 1. The van der Waals surface area contributed by atoms with Crippen molar-refractivity contribution in [1.82, 2.24) is 10.2 Å². The highest BCUT2D eigenvalue weighted by Gasteiger charge is 2.31. The number of carbonyl (C=O) groups is 1. The van der Waals surface area contributed by atoms with Crippen LogP contribution in [0.3, 0.4) is 0 Å². The van der Waals surface area contributed by atoms with Crippen LogP contribution in [0, 0.1) is 25.7 Å². The summed E-state index contributed by atoms with van der Waals surface area (Å²) in [4.78, 5) is 15.9. The molecule has 0 bridgehead atoms. The first-order valence-corrected chi connectivity index (χ1v) is 9.30. The predicted molar refractivity (Wildman–Crippen MR) is 99.6 cm³/mol. The minimum atomic E-state index is 0. The van der Waals surface area contributed by atoms with Crippen LogP contribution in [0.2, 0.25) is 0 Å². The van der Waals surface area contributed by atoms with Crippen molar-refractivity contribution in [2.45, 2.75) is 31.6 Å². The molecule has 0 spiro atoms. The average molecular weight is 355 g/mol. The van der Waals surface area contributed by atoms with Gasteiger partial charge in [0.15, 0.2) is 0 Å². The zero-order chi connectivity index (χ0) is 15.5. The number of carbonyl (C=O) groups excluding carboxylic acids is 1. The van der Waals surface area contributed by atoms with Gasteiger partial charge in [-0.15, -0.1) is 24.2 Å². The van der Waals surface area contributed by atoms with Crippen molar-refractivity contribution in [3.05, 3.63) is 29.3 Å². The highest BCUT2D eigenvalue weighted by atomic mass is 35.5. The van der Waals surface area contributed by atoms with Gasteiger partial charge < -0.3 is 10.2 Å². The molecule has 2 fully saturated rings. The van der Waals surface area contributed by atoms with Gasteiger partial charge in [0.05, 0.1) is 5.75 Å². The third-order valence-electron chi connectivity index (χ3n) is 5.07. The van der Waals surface area contributed by atoms with Gasteiger partial charge in [-0.3, -0.25) is 4.79 Å². The van der Waals surface area contributed by atoms with E-state index in [1.165, 1.54) is 16.0 Å². The lowest BCUT2D eigenvalue weighted by molar-refractivity contribution is -0.128. The van der Waals surface area contributed by atoms with E-state index in [-0.39, 0.29) is 12.4 Å². The van der Waals surface area contributed by atoms with E-state index in [2.05, 4.69) is 42.3 Å². The fourth-order valence-corrected chi connectivity index (χ4v) is 4.59. The first kappa shape index (κ1) is 18.6. The van der Waals surface area contributed by atoms with Crippen LogP contribution >= 0.6 is 24.2 Å². The fraction of sp³-hybridized carbons (Fsp3) is 0.611. The largest absolute Gasteiger partial charge is 0.342 e. The van der Waals surface area contributed by atoms with Gasteiger partial charge >= 0.3 is 0 Å². The normalized spacial score (nSPS) is 23.8. The van der Waals surface area contributed by atoms with Gasteiger partial charge in [-0.1, -0.05) is 17.7 Å². The van der Waals surface area contributed by atoms with Crippen LogP contribution in [0.15, 0.2) is 23.1 Å². The Morgan fingerprint density at radius 2 is 1.87 bits per heavy atom. The molecule has 0 aromatic heterocycles. The van der Waals surface area contributed by atoms with Crippen molar-refractivity contribution in [2.75, 3.05) is 31.9 Å². The molecular weight excluding hydrogens is 328 g/mol. The quantitative estimate of drug-likeness (QED) is 0.845. The summed E-state index contributed by atoms with van der Waals surface area (Å²) in [5.74, 6) is 2.44. The highest BCUT2D eigenvalue weighted by molar-refractivity contribution is 8.00. The molecule has 3 rings (SSSR count). The molecule has 1 amide bonds. The molecule has 1 N–H and O–H groups in total. The Balaban J connectivity index is 0.00000192. The summed E-state index contributed by atoms with van der Waals surface area (Å²) >= 11 is 1.69. The topological polar surface area (TPSA) is 32.3 Å². The average Bonchev–Trinajstić information content (AvgIpc) is 2.86. The number of nitrogens with zero attached hydrogens (tertiary/aromatic N) is 1. The van der Waals surface area contributed by atoms with Crippen molar-refractivity contribution in [3.63, 3.8) is 0 Å². The van der Waals surface area contributed by atoms with E-state index in [0.29, 0.717) is 11.7 Å². The zero-order valence-electron chi connectivity index (χ0n) is 14.0. The van der Waals surface area contributed by atoms with Crippen molar-refractivity contribution < 1.29 is 4.79 Å². The number of hydrogen-bond donors (Lipinski definition) is 1. The standard InChI is InChI=1S/C18H26N2OS.ClH/c1-13-3-4-14(2)17(9-13)22-12-18(21)20-7-5-15-10-19-11-16(15)6-8-20;/h3-4,9,15-16,19H,5-8,10-12H2,1-2H3;1H/t15-,16+;. The highest BCUT2D eigenvalue weighted by Crippen LogP contribution is 2.28. The molecule has 0 radical (unpaired) electrons. The molecule has 2 saturated heterocycles. The van der Waals surface area contributed by atoms with Crippen molar-refractivity contribution in [3.8, 4) is 0 Å². The number of amides is 1. The number of fused-ring (bicyclic) bond motifs is 1. The number of hydrogen-bond acceptors (Lipinski definition) is 3. The van der Waals surface area contributed by atoms with E-state index >= 15 is 0 Å². The van der Waals surface area contributed by atoms with E-state index in [4.69, 9.17) is 0 Å². The van der Waals surface area contributed by atoms with Crippen LogP contribution in [0.25, 0.3) is 0 Å². The molecule has 0 saturated carbocycles. The van der Waals surface area contributed by atoms with Crippen molar-refractivity contribution in [2.24, 2.45) is 11.8 Å². The van der Waals surface area contributed by atoms with Crippen LogP contribution in [-0.4, -0.2) is 42.7 Å². The Labute approximate surface area is 150 Å². The Hall–Kier alpha value is -0.710. The molecule has 2 heterocycles. The predicted octanol–water partition coefficient (Wildman–Crippen LogP) is 3.28. The summed E-state index contributed by atoms with van der Waals surface area (Å²) in [5, 5.41) is 3.49. The number of thioether (sulfide) groups is 1. The summed E-state index contributed by atoms with van der Waals surface area (Å²) in [6.07, 6.45) is 2.33. The van der Waals surface area contributed by atoms with Gasteiger partial charge in [-0.05, 0) is 63.2 Å². The van der Waals surface area contributed by atoms with E-state index in [1.54, 1.807) is 11.8 Å². The van der Waals surface area contributed by atoms with E-state index in [9.17, 15) is 4.79 Å². The lowest BCUT2D eigenvalue weighted by Gasteiger charge is -2.21. The number of nitrogens with one attached hydrogen (secondary N) is 1. The lowest BCUT2D eigenvalue weighted by Crippen LogP contribution is -2.34. The van der Waals surface area contributed by atoms with Gasteiger partial charge in [0, 0.05) is 18.0 Å². The molecule has 0 unspecified atom stereocenters. The SMILES string of the molecule is Cc1ccc(C)c(SCC(=O)N2CC[C@@H]3CNC[C@@H]3CC2)c1.Cl. The lowest BCUT2D eigenvalue weighted by atomic mass is 9.92. The molecule has 3 nitrogen and oxygen atoms in total. The molecule has 128 valence electrons. The minimum absolute atomic E-state index is 0. The van der Waals surface area contributed by atoms with E-state index in [1.807, 2.05) is 0 Å². The monoisotopic (exact) mass is 354 g/mol. The first-order chi connectivity index (χ1) is 10.6. The second-order valence-corrected chi connectivity index (χ2v) is 7.71. The van der Waals surface area contributed by atoms with Crippen LogP contribution in [0.5, 0.6) is 0 Å². The molecule has 0 aliphatic carbocycles. The summed E-state index contributed by atoms with van der Waals surface area (Å²) in [6, 6.07) is 6.46. The Bertz CT molecular complexity index is 538. The minimum Gasteiger partial charge on any atom is -0.342 e. The molecule has 2 aliphatic rings. The Morgan fingerprint density at radius 1 is 1.22 bits per heavy atom. The Kier molecular flexibility index (Phi) is 6.81. The molecule has 2 aliphatic heterocycles. The summed E-state index contributed by atoms with van der Waals surface area (Å²) < 4.78 is 0. The molecule has 2 atom stereocenters. The maximum absolute atomic E-state index is 12.5. The molecule has 5 heteroatoms.